The minimum atomic E-state index is -4.06. The quantitative estimate of drug-likeness (QED) is 0.513. The van der Waals surface area contributed by atoms with E-state index in [0.29, 0.717) is 5.56 Å². The van der Waals surface area contributed by atoms with Gasteiger partial charge in [0.25, 0.3) is 20.2 Å². The molecule has 0 saturated heterocycles. The fourth-order valence-electron chi connectivity index (χ4n) is 1.71. The standard InChI is InChI=1S/C8H10O3S.C7H8O3S.Co.Fe/c1-6-4-3-5-8(7(6)2)12(9,10)11;1-6-2-4-7(5-3-6)11(8,9)10;;/h3-5H,1-2H3,(H,9,10,11);2-5H,1H3,(H,8,9,10);;. The van der Waals surface area contributed by atoms with Crippen LogP contribution in [0.3, 0.4) is 0 Å². The first-order chi connectivity index (χ1) is 10.4. The third-order valence-electron chi connectivity index (χ3n) is 3.15. The van der Waals surface area contributed by atoms with Crippen LogP contribution in [0.4, 0.5) is 0 Å². The summed E-state index contributed by atoms with van der Waals surface area (Å²) in [6.45, 7) is 5.30. The van der Waals surface area contributed by atoms with Gasteiger partial charge in [-0.2, -0.15) is 16.8 Å². The molecule has 0 aliphatic heterocycles. The Balaban J connectivity index is 0. The van der Waals surface area contributed by atoms with Crippen molar-refractivity contribution in [3.8, 4) is 0 Å². The van der Waals surface area contributed by atoms with Gasteiger partial charge in [0.15, 0.2) is 0 Å². The molecule has 0 unspecified atom stereocenters. The maximum absolute atomic E-state index is 10.8. The number of aryl methyl sites for hydroxylation is 2. The molecular formula is C15H18CoFeO6S2. The summed E-state index contributed by atoms with van der Waals surface area (Å²) in [6.07, 6.45) is 0. The monoisotopic (exact) mass is 473 g/mol. The van der Waals surface area contributed by atoms with Crippen LogP contribution in [0.25, 0.3) is 0 Å². The summed E-state index contributed by atoms with van der Waals surface area (Å²) in [5.41, 5.74) is 2.41. The molecule has 0 aliphatic carbocycles. The Hall–Kier alpha value is -0.714. The SMILES string of the molecule is Cc1ccc(S(=O)(=O)O)cc1.Cc1cccc(S(=O)(=O)O)c1C.[Co].[Fe]. The summed E-state index contributed by atoms with van der Waals surface area (Å²) >= 11 is 0. The number of hydrogen-bond acceptors (Lipinski definition) is 4. The first kappa shape index (κ1) is 26.5. The molecule has 2 aromatic rings. The van der Waals surface area contributed by atoms with Crippen molar-refractivity contribution in [3.05, 3.63) is 59.2 Å². The van der Waals surface area contributed by atoms with Crippen molar-refractivity contribution in [1.29, 1.82) is 0 Å². The molecule has 6 nitrogen and oxygen atoms in total. The predicted octanol–water partition coefficient (Wildman–Crippen LogP) is 2.79. The fourth-order valence-corrected chi connectivity index (χ4v) is 2.99. The third-order valence-corrected chi connectivity index (χ3v) is 5.02. The van der Waals surface area contributed by atoms with Crippen LogP contribution in [0.15, 0.2) is 52.3 Å². The van der Waals surface area contributed by atoms with E-state index >= 15 is 0 Å². The van der Waals surface area contributed by atoms with Gasteiger partial charge in [0.1, 0.15) is 0 Å². The second-order valence-electron chi connectivity index (χ2n) is 4.96. The number of rotatable bonds is 2. The van der Waals surface area contributed by atoms with Gasteiger partial charge in [0, 0.05) is 33.8 Å². The van der Waals surface area contributed by atoms with Gasteiger partial charge >= 0.3 is 0 Å². The zero-order valence-electron chi connectivity index (χ0n) is 13.6. The Morgan fingerprint density at radius 1 is 0.760 bits per heavy atom. The van der Waals surface area contributed by atoms with Gasteiger partial charge in [0.2, 0.25) is 0 Å². The van der Waals surface area contributed by atoms with Crippen LogP contribution in [0.2, 0.25) is 0 Å². The third kappa shape index (κ3) is 8.47. The molecule has 0 heterocycles. The average Bonchev–Trinajstić information content (AvgIpc) is 2.41. The van der Waals surface area contributed by atoms with Crippen molar-refractivity contribution in [3.63, 3.8) is 0 Å². The summed E-state index contributed by atoms with van der Waals surface area (Å²) in [7, 11) is -8.08. The van der Waals surface area contributed by atoms with Crippen LogP contribution in [-0.4, -0.2) is 25.9 Å². The van der Waals surface area contributed by atoms with Crippen LogP contribution < -0.4 is 0 Å². The van der Waals surface area contributed by atoms with Crippen molar-refractivity contribution < 1.29 is 59.8 Å². The summed E-state index contributed by atoms with van der Waals surface area (Å²) in [4.78, 5) is -0.0781. The normalized spacial score (nSPS) is 10.6. The maximum atomic E-state index is 10.8. The van der Waals surface area contributed by atoms with Gasteiger partial charge in [0.05, 0.1) is 9.79 Å². The molecule has 0 aromatic heterocycles. The van der Waals surface area contributed by atoms with Gasteiger partial charge in [-0.15, -0.1) is 0 Å². The average molecular weight is 473 g/mol. The topological polar surface area (TPSA) is 109 Å². The van der Waals surface area contributed by atoms with E-state index in [1.54, 1.807) is 38.1 Å². The molecule has 0 spiro atoms. The summed E-state index contributed by atoms with van der Waals surface area (Å²) in [5, 5.41) is 0. The molecule has 25 heavy (non-hydrogen) atoms. The first-order valence-electron chi connectivity index (χ1n) is 6.51. The van der Waals surface area contributed by atoms with Crippen molar-refractivity contribution >= 4 is 20.2 Å². The Morgan fingerprint density at radius 2 is 1.24 bits per heavy atom. The Morgan fingerprint density at radius 3 is 1.60 bits per heavy atom. The van der Waals surface area contributed by atoms with Crippen LogP contribution in [0.5, 0.6) is 0 Å². The van der Waals surface area contributed by atoms with Crippen LogP contribution >= 0.6 is 0 Å². The van der Waals surface area contributed by atoms with Gasteiger partial charge in [-0.05, 0) is 50.1 Å². The Kier molecular flexibility index (Phi) is 11.1. The molecule has 2 N–H and O–H groups in total. The van der Waals surface area contributed by atoms with E-state index in [1.165, 1.54) is 18.2 Å². The molecule has 10 heteroatoms. The van der Waals surface area contributed by atoms with E-state index in [9.17, 15) is 16.8 Å². The molecule has 0 aliphatic rings. The van der Waals surface area contributed by atoms with Crippen molar-refractivity contribution in [2.45, 2.75) is 30.6 Å². The van der Waals surface area contributed by atoms with Gasteiger partial charge in [-0.3, -0.25) is 9.11 Å². The zero-order chi connectivity index (χ0) is 17.8. The van der Waals surface area contributed by atoms with E-state index < -0.39 is 20.2 Å². The largest absolute Gasteiger partial charge is 0.294 e. The van der Waals surface area contributed by atoms with Crippen LogP contribution in [-0.2, 0) is 54.1 Å². The van der Waals surface area contributed by atoms with E-state index in [1.807, 2.05) is 6.92 Å². The molecule has 0 bridgehead atoms. The first-order valence-corrected chi connectivity index (χ1v) is 9.39. The minimum Gasteiger partial charge on any atom is -0.282 e. The molecule has 0 amide bonds. The van der Waals surface area contributed by atoms with Crippen molar-refractivity contribution in [1.82, 2.24) is 0 Å². The van der Waals surface area contributed by atoms with Gasteiger partial charge in [-0.1, -0.05) is 29.8 Å². The minimum absolute atomic E-state index is 0. The number of benzene rings is 2. The molecule has 0 atom stereocenters. The Labute approximate surface area is 169 Å². The van der Waals surface area contributed by atoms with E-state index in [-0.39, 0.29) is 43.6 Å². The van der Waals surface area contributed by atoms with E-state index in [4.69, 9.17) is 9.11 Å². The molecular weight excluding hydrogens is 455 g/mol. The van der Waals surface area contributed by atoms with E-state index in [0.717, 1.165) is 11.1 Å². The zero-order valence-corrected chi connectivity index (χ0v) is 17.4. The van der Waals surface area contributed by atoms with Gasteiger partial charge < -0.3 is 0 Å². The van der Waals surface area contributed by atoms with Crippen LogP contribution in [0.1, 0.15) is 16.7 Å². The molecule has 2 aromatic carbocycles. The summed E-state index contributed by atoms with van der Waals surface area (Å²) in [5.74, 6) is 0. The number of hydrogen-bond donors (Lipinski definition) is 2. The summed E-state index contributed by atoms with van der Waals surface area (Å²) < 4.78 is 59.8. The fraction of sp³-hybridized carbons (Fsp3) is 0.200. The molecule has 2 rings (SSSR count). The predicted molar refractivity (Wildman–Crippen MR) is 86.7 cm³/mol. The van der Waals surface area contributed by atoms with E-state index in [2.05, 4.69) is 0 Å². The second kappa shape index (κ2) is 10.4. The van der Waals surface area contributed by atoms with Crippen LogP contribution in [0, 0.1) is 20.8 Å². The van der Waals surface area contributed by atoms with Crippen molar-refractivity contribution in [2.24, 2.45) is 0 Å². The van der Waals surface area contributed by atoms with Crippen molar-refractivity contribution in [2.75, 3.05) is 0 Å². The maximum Gasteiger partial charge on any atom is 0.294 e. The second-order valence-corrected chi connectivity index (χ2v) is 7.77. The molecule has 0 saturated carbocycles. The smallest absolute Gasteiger partial charge is 0.282 e. The summed E-state index contributed by atoms with van der Waals surface area (Å²) in [6, 6.07) is 10.8. The molecule has 0 fully saturated rings. The Bertz CT molecular complexity index is 894. The molecule has 143 valence electrons. The molecule has 1 radical (unpaired) electrons. The van der Waals surface area contributed by atoms with Gasteiger partial charge in [-0.25, -0.2) is 0 Å².